The first-order valence-electron chi connectivity index (χ1n) is 11.8. The Morgan fingerprint density at radius 3 is 2.63 bits per heavy atom. The Bertz CT molecular complexity index is 1130. The second kappa shape index (κ2) is 10.3. The van der Waals surface area contributed by atoms with E-state index in [-0.39, 0.29) is 6.10 Å². The molecule has 10 nitrogen and oxygen atoms in total. The summed E-state index contributed by atoms with van der Waals surface area (Å²) in [6.07, 6.45) is 1.83. The van der Waals surface area contributed by atoms with E-state index < -0.39 is 29.8 Å². The normalized spacial score (nSPS) is 22.8. The standard InChI is InChI=1S/C24H34N6O4S/c1-12(2)34-9-8-26-23-27-13(3)18(22-29-16-11-25-7-6-17(16)35-22)21(30-23)28-15-10-14(24(4,5)33)19(31)20(15)32/h6-7,11-12,14-15,19-20,31-33H,8-10H2,1-5H3,(H2,26,27,28,30)/t14-,15?,19+,20-/m0/s1. The molecule has 0 amide bonds. The number of ether oxygens (including phenoxy) is 1. The van der Waals surface area contributed by atoms with Crippen molar-refractivity contribution in [3.05, 3.63) is 24.2 Å². The number of hydrogen-bond donors (Lipinski definition) is 5. The van der Waals surface area contributed by atoms with Crippen molar-refractivity contribution in [3.8, 4) is 10.6 Å². The number of fused-ring (bicyclic) bond motifs is 1. The lowest BCUT2D eigenvalue weighted by Crippen LogP contribution is -2.40. The predicted molar refractivity (Wildman–Crippen MR) is 137 cm³/mol. The van der Waals surface area contributed by atoms with Crippen molar-refractivity contribution in [3.63, 3.8) is 0 Å². The van der Waals surface area contributed by atoms with E-state index in [9.17, 15) is 15.3 Å². The van der Waals surface area contributed by atoms with E-state index in [1.54, 1.807) is 26.2 Å². The number of pyridine rings is 1. The van der Waals surface area contributed by atoms with Gasteiger partial charge < -0.3 is 30.7 Å². The van der Waals surface area contributed by atoms with Gasteiger partial charge in [-0.25, -0.2) is 9.97 Å². The van der Waals surface area contributed by atoms with E-state index in [1.807, 2.05) is 26.8 Å². The number of thiazole rings is 1. The van der Waals surface area contributed by atoms with Crippen LogP contribution in [-0.2, 0) is 4.74 Å². The molecule has 35 heavy (non-hydrogen) atoms. The van der Waals surface area contributed by atoms with Gasteiger partial charge in [0.05, 0.1) is 52.6 Å². The monoisotopic (exact) mass is 502 g/mol. The molecule has 0 radical (unpaired) electrons. The third-order valence-corrected chi connectivity index (χ3v) is 7.30. The van der Waals surface area contributed by atoms with Gasteiger partial charge in [-0.1, -0.05) is 0 Å². The Labute approximate surface area is 208 Å². The summed E-state index contributed by atoms with van der Waals surface area (Å²) >= 11 is 1.51. The van der Waals surface area contributed by atoms with Crippen LogP contribution in [0.3, 0.4) is 0 Å². The molecule has 1 aliphatic rings. The summed E-state index contributed by atoms with van der Waals surface area (Å²) in [5.41, 5.74) is 1.09. The van der Waals surface area contributed by atoms with Crippen LogP contribution in [-0.4, -0.2) is 78.4 Å². The van der Waals surface area contributed by atoms with Gasteiger partial charge in [0.2, 0.25) is 5.95 Å². The minimum Gasteiger partial charge on any atom is -0.390 e. The third kappa shape index (κ3) is 5.70. The van der Waals surface area contributed by atoms with Crippen LogP contribution < -0.4 is 10.6 Å². The number of nitrogens with zero attached hydrogens (tertiary/aromatic N) is 4. The Hall–Kier alpha value is -2.44. The number of rotatable bonds is 9. The van der Waals surface area contributed by atoms with E-state index in [2.05, 4.69) is 20.6 Å². The van der Waals surface area contributed by atoms with Crippen LogP contribution in [0.2, 0.25) is 0 Å². The fourth-order valence-electron chi connectivity index (χ4n) is 4.41. The average molecular weight is 503 g/mol. The van der Waals surface area contributed by atoms with Crippen molar-refractivity contribution in [2.24, 2.45) is 5.92 Å². The van der Waals surface area contributed by atoms with Gasteiger partial charge in [-0.3, -0.25) is 4.98 Å². The first kappa shape index (κ1) is 25.6. The lowest BCUT2D eigenvalue weighted by Gasteiger charge is -2.28. The van der Waals surface area contributed by atoms with Crippen molar-refractivity contribution in [2.45, 2.75) is 71.0 Å². The molecule has 190 valence electrons. The molecule has 0 aliphatic heterocycles. The zero-order valence-corrected chi connectivity index (χ0v) is 21.5. The molecule has 1 unspecified atom stereocenters. The lowest BCUT2D eigenvalue weighted by molar-refractivity contribution is -0.0601. The van der Waals surface area contributed by atoms with Crippen LogP contribution in [0.1, 0.15) is 39.8 Å². The molecular weight excluding hydrogens is 468 g/mol. The summed E-state index contributed by atoms with van der Waals surface area (Å²) in [5.74, 6) is 0.445. The van der Waals surface area contributed by atoms with Crippen molar-refractivity contribution in [1.29, 1.82) is 0 Å². The van der Waals surface area contributed by atoms with Gasteiger partial charge >= 0.3 is 0 Å². The number of aliphatic hydroxyl groups excluding tert-OH is 2. The molecule has 3 aromatic rings. The number of hydrogen-bond acceptors (Lipinski definition) is 11. The number of anilines is 2. The van der Waals surface area contributed by atoms with Gasteiger partial charge in [-0.05, 0) is 47.1 Å². The van der Waals surface area contributed by atoms with E-state index in [1.165, 1.54) is 11.3 Å². The van der Waals surface area contributed by atoms with Gasteiger partial charge in [0.1, 0.15) is 22.4 Å². The summed E-state index contributed by atoms with van der Waals surface area (Å²) in [7, 11) is 0. The molecular formula is C24H34N6O4S. The van der Waals surface area contributed by atoms with E-state index in [0.717, 1.165) is 20.8 Å². The van der Waals surface area contributed by atoms with Gasteiger partial charge in [0.25, 0.3) is 0 Å². The molecule has 4 atom stereocenters. The van der Waals surface area contributed by atoms with Gasteiger partial charge in [0, 0.05) is 18.7 Å². The van der Waals surface area contributed by atoms with Crippen LogP contribution in [0.4, 0.5) is 11.8 Å². The Morgan fingerprint density at radius 2 is 1.97 bits per heavy atom. The molecule has 3 heterocycles. The van der Waals surface area contributed by atoms with E-state index in [4.69, 9.17) is 14.7 Å². The van der Waals surface area contributed by atoms with Crippen molar-refractivity contribution < 1.29 is 20.1 Å². The first-order chi connectivity index (χ1) is 16.5. The smallest absolute Gasteiger partial charge is 0.224 e. The molecule has 0 aromatic carbocycles. The maximum Gasteiger partial charge on any atom is 0.224 e. The molecule has 0 saturated heterocycles. The summed E-state index contributed by atoms with van der Waals surface area (Å²) in [6, 6.07) is 1.40. The molecule has 11 heteroatoms. The van der Waals surface area contributed by atoms with Gasteiger partial charge in [0.15, 0.2) is 0 Å². The molecule has 4 rings (SSSR count). The zero-order chi connectivity index (χ0) is 25.3. The highest BCUT2D eigenvalue weighted by molar-refractivity contribution is 7.21. The van der Waals surface area contributed by atoms with Crippen LogP contribution >= 0.6 is 11.3 Å². The van der Waals surface area contributed by atoms with Gasteiger partial charge in [-0.15, -0.1) is 11.3 Å². The summed E-state index contributed by atoms with van der Waals surface area (Å²) in [4.78, 5) is 18.2. The minimum absolute atomic E-state index is 0.131. The van der Waals surface area contributed by atoms with E-state index in [0.29, 0.717) is 37.0 Å². The molecule has 1 aliphatic carbocycles. The molecule has 1 saturated carbocycles. The lowest BCUT2D eigenvalue weighted by atomic mass is 9.88. The maximum absolute atomic E-state index is 10.8. The van der Waals surface area contributed by atoms with Crippen LogP contribution in [0.15, 0.2) is 18.5 Å². The van der Waals surface area contributed by atoms with Crippen molar-refractivity contribution in [1.82, 2.24) is 19.9 Å². The highest BCUT2D eigenvalue weighted by Crippen LogP contribution is 2.40. The Kier molecular flexibility index (Phi) is 7.53. The molecule has 5 N–H and O–H groups in total. The molecule has 0 bridgehead atoms. The summed E-state index contributed by atoms with van der Waals surface area (Å²) in [5, 5.41) is 39.1. The van der Waals surface area contributed by atoms with Crippen molar-refractivity contribution >= 4 is 33.3 Å². The fourth-order valence-corrected chi connectivity index (χ4v) is 5.44. The highest BCUT2D eigenvalue weighted by Gasteiger charge is 2.47. The second-order valence-electron chi connectivity index (χ2n) is 9.79. The highest BCUT2D eigenvalue weighted by atomic mass is 32.1. The molecule has 3 aromatic heterocycles. The van der Waals surface area contributed by atoms with Crippen molar-refractivity contribution in [2.75, 3.05) is 23.8 Å². The number of aromatic nitrogens is 4. The predicted octanol–water partition coefficient (Wildman–Crippen LogP) is 2.59. The topological polar surface area (TPSA) is 146 Å². The molecule has 0 spiro atoms. The fraction of sp³-hybridized carbons (Fsp3) is 0.583. The summed E-state index contributed by atoms with van der Waals surface area (Å²) in [6.45, 7) is 10.2. The third-order valence-electron chi connectivity index (χ3n) is 6.24. The first-order valence-corrected chi connectivity index (χ1v) is 12.7. The van der Waals surface area contributed by atoms with Gasteiger partial charge in [-0.2, -0.15) is 4.98 Å². The SMILES string of the molecule is Cc1nc(NCCOC(C)C)nc(NC2C[C@H](C(C)(C)O)[C@@H](O)[C@H]2O)c1-c1nc2cnccc2s1. The quantitative estimate of drug-likeness (QED) is 0.277. The average Bonchev–Trinajstić information content (AvgIpc) is 3.32. The van der Waals surface area contributed by atoms with Crippen LogP contribution in [0, 0.1) is 12.8 Å². The van der Waals surface area contributed by atoms with Crippen LogP contribution in [0.25, 0.3) is 20.8 Å². The summed E-state index contributed by atoms with van der Waals surface area (Å²) < 4.78 is 6.59. The van der Waals surface area contributed by atoms with Crippen LogP contribution in [0.5, 0.6) is 0 Å². The number of aryl methyl sites for hydroxylation is 1. The second-order valence-corrected chi connectivity index (χ2v) is 10.8. The zero-order valence-electron chi connectivity index (χ0n) is 20.7. The largest absolute Gasteiger partial charge is 0.390 e. The Morgan fingerprint density at radius 1 is 1.20 bits per heavy atom. The minimum atomic E-state index is -1.13. The number of aliphatic hydroxyl groups is 3. The van der Waals surface area contributed by atoms with E-state index >= 15 is 0 Å². The number of nitrogens with one attached hydrogen (secondary N) is 2. The molecule has 1 fully saturated rings. The Balaban J connectivity index is 1.68. The maximum atomic E-state index is 10.8.